The van der Waals surface area contributed by atoms with Crippen LogP contribution < -0.4 is 5.73 Å². The summed E-state index contributed by atoms with van der Waals surface area (Å²) in [4.78, 5) is 2.52. The first-order valence-electron chi connectivity index (χ1n) is 6.27. The maximum absolute atomic E-state index is 5.92. The first-order valence-corrected chi connectivity index (χ1v) is 7.88. The van der Waals surface area contributed by atoms with E-state index < -0.39 is 0 Å². The molecule has 3 heteroatoms. The lowest BCUT2D eigenvalue weighted by molar-refractivity contribution is 0.811. The summed E-state index contributed by atoms with van der Waals surface area (Å²) in [5, 5.41) is 0. The lowest BCUT2D eigenvalue weighted by Crippen LogP contribution is -2.05. The summed E-state index contributed by atoms with van der Waals surface area (Å²) < 4.78 is 1.08. The monoisotopic (exact) mass is 335 g/mol. The topological polar surface area (TPSA) is 26.0 Å². The van der Waals surface area contributed by atoms with Crippen LogP contribution in [-0.2, 0) is 0 Å². The van der Waals surface area contributed by atoms with Gasteiger partial charge in [-0.15, -0.1) is 0 Å². The Morgan fingerprint density at radius 2 is 1.84 bits per heavy atom. The van der Waals surface area contributed by atoms with Crippen molar-refractivity contribution in [1.29, 1.82) is 0 Å². The molecule has 0 aliphatic heterocycles. The van der Waals surface area contributed by atoms with Gasteiger partial charge in [-0.05, 0) is 50.1 Å². The van der Waals surface area contributed by atoms with E-state index in [0.29, 0.717) is 0 Å². The first-order chi connectivity index (χ1) is 8.97. The molecule has 0 heterocycles. The SMILES string of the molecule is Cc1ccc(Sc2ccc([C@H](C)N)c(Br)c2)c(C)c1. The summed E-state index contributed by atoms with van der Waals surface area (Å²) in [7, 11) is 0. The number of hydrogen-bond acceptors (Lipinski definition) is 2. The van der Waals surface area contributed by atoms with E-state index in [2.05, 4.69) is 66.2 Å². The molecule has 0 radical (unpaired) electrons. The highest BCUT2D eigenvalue weighted by Gasteiger charge is 2.07. The minimum absolute atomic E-state index is 0.0505. The van der Waals surface area contributed by atoms with Crippen molar-refractivity contribution in [2.45, 2.75) is 36.6 Å². The molecule has 0 bridgehead atoms. The number of nitrogens with two attached hydrogens (primary N) is 1. The molecule has 0 saturated heterocycles. The Bertz CT molecular complexity index is 593. The lowest BCUT2D eigenvalue weighted by atomic mass is 10.1. The van der Waals surface area contributed by atoms with Gasteiger partial charge in [0.25, 0.3) is 0 Å². The third-order valence-corrected chi connectivity index (χ3v) is 4.88. The molecule has 2 aromatic rings. The zero-order valence-electron chi connectivity index (χ0n) is 11.4. The minimum Gasteiger partial charge on any atom is -0.324 e. The summed E-state index contributed by atoms with van der Waals surface area (Å²) in [5.74, 6) is 0. The molecule has 2 rings (SSSR count). The molecule has 0 aliphatic carbocycles. The molecule has 2 N–H and O–H groups in total. The van der Waals surface area contributed by atoms with Gasteiger partial charge in [-0.3, -0.25) is 0 Å². The van der Waals surface area contributed by atoms with Gasteiger partial charge in [0.2, 0.25) is 0 Å². The van der Waals surface area contributed by atoms with Crippen LogP contribution in [0.3, 0.4) is 0 Å². The summed E-state index contributed by atoms with van der Waals surface area (Å²) in [6.45, 7) is 6.27. The van der Waals surface area contributed by atoms with E-state index in [4.69, 9.17) is 5.73 Å². The Hall–Kier alpha value is -0.770. The maximum Gasteiger partial charge on any atom is 0.0277 e. The van der Waals surface area contributed by atoms with Crippen LogP contribution in [0.4, 0.5) is 0 Å². The molecule has 0 aromatic heterocycles. The fraction of sp³-hybridized carbons (Fsp3) is 0.250. The van der Waals surface area contributed by atoms with E-state index in [1.54, 1.807) is 11.8 Å². The lowest BCUT2D eigenvalue weighted by Gasteiger charge is -2.11. The van der Waals surface area contributed by atoms with E-state index >= 15 is 0 Å². The second-order valence-electron chi connectivity index (χ2n) is 4.84. The van der Waals surface area contributed by atoms with E-state index in [9.17, 15) is 0 Å². The quantitative estimate of drug-likeness (QED) is 0.830. The van der Waals surface area contributed by atoms with Crippen LogP contribution in [0.1, 0.15) is 29.7 Å². The number of aryl methyl sites for hydroxylation is 2. The van der Waals surface area contributed by atoms with Gasteiger partial charge in [0.05, 0.1) is 0 Å². The highest BCUT2D eigenvalue weighted by Crippen LogP contribution is 2.34. The molecular formula is C16H18BrNS. The molecule has 1 nitrogen and oxygen atoms in total. The van der Waals surface area contributed by atoms with Gasteiger partial charge >= 0.3 is 0 Å². The molecule has 2 aromatic carbocycles. The molecule has 0 aliphatic rings. The second-order valence-corrected chi connectivity index (χ2v) is 6.81. The van der Waals surface area contributed by atoms with Crippen molar-refractivity contribution in [2.24, 2.45) is 5.73 Å². The van der Waals surface area contributed by atoms with Crippen molar-refractivity contribution >= 4 is 27.7 Å². The molecule has 100 valence electrons. The highest BCUT2D eigenvalue weighted by atomic mass is 79.9. The van der Waals surface area contributed by atoms with Crippen molar-refractivity contribution in [3.05, 3.63) is 57.6 Å². The van der Waals surface area contributed by atoms with E-state index in [1.807, 2.05) is 6.92 Å². The number of rotatable bonds is 3. The van der Waals surface area contributed by atoms with Gasteiger partial charge in [-0.1, -0.05) is 51.5 Å². The zero-order valence-corrected chi connectivity index (χ0v) is 13.8. The summed E-state index contributed by atoms with van der Waals surface area (Å²) >= 11 is 5.38. The predicted octanol–water partition coefficient (Wildman–Crippen LogP) is 5.24. The van der Waals surface area contributed by atoms with Gasteiger partial charge in [-0.25, -0.2) is 0 Å². The average Bonchev–Trinajstić information content (AvgIpc) is 2.32. The van der Waals surface area contributed by atoms with Crippen molar-refractivity contribution in [3.8, 4) is 0 Å². The van der Waals surface area contributed by atoms with Gasteiger partial charge in [0, 0.05) is 20.3 Å². The molecule has 0 saturated carbocycles. The summed E-state index contributed by atoms with van der Waals surface area (Å²) in [6, 6.07) is 13.0. The Balaban J connectivity index is 2.26. The molecule has 0 fully saturated rings. The molecule has 19 heavy (non-hydrogen) atoms. The van der Waals surface area contributed by atoms with E-state index in [1.165, 1.54) is 20.9 Å². The normalized spacial score (nSPS) is 12.5. The molecule has 1 atom stereocenters. The average molecular weight is 336 g/mol. The largest absolute Gasteiger partial charge is 0.324 e. The fourth-order valence-corrected chi connectivity index (χ4v) is 3.80. The first kappa shape index (κ1) is 14.6. The Morgan fingerprint density at radius 1 is 1.11 bits per heavy atom. The molecule has 0 unspecified atom stereocenters. The summed E-state index contributed by atoms with van der Waals surface area (Å²) in [5.41, 5.74) is 9.68. The minimum atomic E-state index is 0.0505. The van der Waals surface area contributed by atoms with Crippen LogP contribution >= 0.6 is 27.7 Å². The van der Waals surface area contributed by atoms with Crippen LogP contribution in [0, 0.1) is 13.8 Å². The van der Waals surface area contributed by atoms with Crippen LogP contribution in [0.15, 0.2) is 50.7 Å². The van der Waals surface area contributed by atoms with Crippen molar-refractivity contribution < 1.29 is 0 Å². The molecule has 0 amide bonds. The number of benzene rings is 2. The number of halogens is 1. The Labute approximate surface area is 127 Å². The van der Waals surface area contributed by atoms with Crippen LogP contribution in [0.2, 0.25) is 0 Å². The predicted molar refractivity (Wildman–Crippen MR) is 86.8 cm³/mol. The van der Waals surface area contributed by atoms with E-state index in [0.717, 1.165) is 10.0 Å². The summed E-state index contributed by atoms with van der Waals surface area (Å²) in [6.07, 6.45) is 0. The van der Waals surface area contributed by atoms with Crippen molar-refractivity contribution in [2.75, 3.05) is 0 Å². The van der Waals surface area contributed by atoms with Gasteiger partial charge in [0.1, 0.15) is 0 Å². The maximum atomic E-state index is 5.92. The van der Waals surface area contributed by atoms with Crippen LogP contribution in [0.25, 0.3) is 0 Å². The third kappa shape index (κ3) is 3.62. The van der Waals surface area contributed by atoms with Gasteiger partial charge in [-0.2, -0.15) is 0 Å². The fourth-order valence-electron chi connectivity index (χ4n) is 1.98. The van der Waals surface area contributed by atoms with Crippen molar-refractivity contribution in [1.82, 2.24) is 0 Å². The smallest absolute Gasteiger partial charge is 0.0277 e. The number of hydrogen-bond donors (Lipinski definition) is 1. The molecule has 0 spiro atoms. The van der Waals surface area contributed by atoms with Crippen LogP contribution in [-0.4, -0.2) is 0 Å². The standard InChI is InChI=1S/C16H18BrNS/c1-10-4-7-16(11(2)8-10)19-13-5-6-14(12(3)18)15(17)9-13/h4-9,12H,18H2,1-3H3/t12-/m0/s1. The second kappa shape index (κ2) is 6.12. The van der Waals surface area contributed by atoms with Crippen molar-refractivity contribution in [3.63, 3.8) is 0 Å². The van der Waals surface area contributed by atoms with Gasteiger partial charge < -0.3 is 5.73 Å². The van der Waals surface area contributed by atoms with Gasteiger partial charge in [0.15, 0.2) is 0 Å². The molecular weight excluding hydrogens is 318 g/mol. The third-order valence-electron chi connectivity index (χ3n) is 3.02. The van der Waals surface area contributed by atoms with E-state index in [-0.39, 0.29) is 6.04 Å². The highest BCUT2D eigenvalue weighted by molar-refractivity contribution is 9.10. The zero-order chi connectivity index (χ0) is 14.0. The Morgan fingerprint density at radius 3 is 2.42 bits per heavy atom. The Kier molecular flexibility index (Phi) is 4.71. The van der Waals surface area contributed by atoms with Crippen LogP contribution in [0.5, 0.6) is 0 Å².